The average molecular weight is 432 g/mol. The zero-order chi connectivity index (χ0) is 20.4. The number of nitrogens with zero attached hydrogens (tertiary/aromatic N) is 1. The summed E-state index contributed by atoms with van der Waals surface area (Å²) in [6.45, 7) is 1.23. The molecule has 9 heteroatoms. The van der Waals surface area contributed by atoms with E-state index in [1.165, 1.54) is 17.6 Å². The van der Waals surface area contributed by atoms with E-state index in [0.717, 1.165) is 40.8 Å². The molecular formula is C20H21N3O4S2. The molecule has 1 aliphatic rings. The van der Waals surface area contributed by atoms with Crippen molar-refractivity contribution in [3.8, 4) is 11.1 Å². The summed E-state index contributed by atoms with van der Waals surface area (Å²) in [5, 5.41) is 6.08. The standard InChI is InChI=1S/C20H21N3O4S2/c1-29(25,26)16-6-2-4-13(10-16)14-7-8-17-18(11-14)28-20(22-17)23-19(24)21-12-15-5-3-9-27-15/h2,4,6-8,10-11,15H,3,5,9,12H2,1H3,(H2,21,22,23,24). The summed E-state index contributed by atoms with van der Waals surface area (Å²) in [6, 6.07) is 12.2. The summed E-state index contributed by atoms with van der Waals surface area (Å²) in [6.07, 6.45) is 3.27. The topological polar surface area (TPSA) is 97.4 Å². The number of urea groups is 1. The zero-order valence-corrected chi connectivity index (χ0v) is 17.5. The van der Waals surface area contributed by atoms with Crippen molar-refractivity contribution in [1.29, 1.82) is 0 Å². The molecule has 7 nitrogen and oxygen atoms in total. The normalized spacial score (nSPS) is 16.8. The van der Waals surface area contributed by atoms with Gasteiger partial charge in [-0.3, -0.25) is 5.32 Å². The quantitative estimate of drug-likeness (QED) is 0.642. The molecule has 152 valence electrons. The van der Waals surface area contributed by atoms with Crippen LogP contribution in [0.5, 0.6) is 0 Å². The second-order valence-corrected chi connectivity index (χ2v) is 10.0. The molecule has 1 saturated heterocycles. The van der Waals surface area contributed by atoms with E-state index in [0.29, 0.717) is 11.7 Å². The van der Waals surface area contributed by atoms with Crippen LogP contribution in [-0.4, -0.2) is 44.9 Å². The van der Waals surface area contributed by atoms with Crippen LogP contribution in [0.25, 0.3) is 21.3 Å². The van der Waals surface area contributed by atoms with E-state index in [4.69, 9.17) is 4.74 Å². The third-order valence-corrected chi connectivity index (χ3v) is 6.76. The fraction of sp³-hybridized carbons (Fsp3) is 0.300. The van der Waals surface area contributed by atoms with Crippen LogP contribution in [0.1, 0.15) is 12.8 Å². The molecule has 0 aliphatic carbocycles. The van der Waals surface area contributed by atoms with Gasteiger partial charge in [0.1, 0.15) is 0 Å². The third-order valence-electron chi connectivity index (χ3n) is 4.72. The Bertz CT molecular complexity index is 1150. The Morgan fingerprint density at radius 2 is 2.07 bits per heavy atom. The van der Waals surface area contributed by atoms with Gasteiger partial charge in [0, 0.05) is 19.4 Å². The van der Waals surface area contributed by atoms with Crippen molar-refractivity contribution in [1.82, 2.24) is 10.3 Å². The van der Waals surface area contributed by atoms with E-state index in [-0.39, 0.29) is 17.0 Å². The van der Waals surface area contributed by atoms with Crippen molar-refractivity contribution >= 4 is 42.6 Å². The number of fused-ring (bicyclic) bond motifs is 1. The number of carbonyl (C=O) groups excluding carboxylic acids is 1. The molecule has 29 heavy (non-hydrogen) atoms. The first-order valence-corrected chi connectivity index (χ1v) is 12.0. The molecule has 1 atom stereocenters. The van der Waals surface area contributed by atoms with Crippen molar-refractivity contribution < 1.29 is 17.9 Å². The highest BCUT2D eigenvalue weighted by atomic mass is 32.2. The second-order valence-electron chi connectivity index (χ2n) is 6.97. The maximum absolute atomic E-state index is 12.1. The minimum Gasteiger partial charge on any atom is -0.376 e. The number of thiazole rings is 1. The zero-order valence-electron chi connectivity index (χ0n) is 15.8. The molecule has 1 fully saturated rings. The lowest BCUT2D eigenvalue weighted by Crippen LogP contribution is -2.34. The van der Waals surface area contributed by atoms with Crippen LogP contribution in [0.15, 0.2) is 47.4 Å². The number of sulfone groups is 1. The molecular weight excluding hydrogens is 410 g/mol. The number of ether oxygens (including phenoxy) is 1. The van der Waals surface area contributed by atoms with Crippen molar-refractivity contribution in [3.63, 3.8) is 0 Å². The summed E-state index contributed by atoms with van der Waals surface area (Å²) in [5.41, 5.74) is 2.47. The monoisotopic (exact) mass is 431 g/mol. The Labute approximate surface area is 173 Å². The highest BCUT2D eigenvalue weighted by Crippen LogP contribution is 2.31. The molecule has 2 heterocycles. The Balaban J connectivity index is 1.50. The van der Waals surface area contributed by atoms with E-state index in [9.17, 15) is 13.2 Å². The SMILES string of the molecule is CS(=O)(=O)c1cccc(-c2ccc3nc(NC(=O)NCC4CCCO4)sc3c2)c1. The molecule has 1 aromatic heterocycles. The van der Waals surface area contributed by atoms with Crippen molar-refractivity contribution in [2.24, 2.45) is 0 Å². The molecule has 0 bridgehead atoms. The summed E-state index contributed by atoms with van der Waals surface area (Å²) in [4.78, 5) is 16.8. The lowest BCUT2D eigenvalue weighted by Gasteiger charge is -2.10. The number of amides is 2. The average Bonchev–Trinajstić information content (AvgIpc) is 3.34. The van der Waals surface area contributed by atoms with E-state index < -0.39 is 9.84 Å². The number of hydrogen-bond acceptors (Lipinski definition) is 6. The fourth-order valence-corrected chi connectivity index (χ4v) is 4.78. The lowest BCUT2D eigenvalue weighted by atomic mass is 10.1. The van der Waals surface area contributed by atoms with Gasteiger partial charge in [-0.15, -0.1) is 0 Å². The minimum absolute atomic E-state index is 0.0846. The second kappa shape index (κ2) is 8.10. The minimum atomic E-state index is -3.27. The molecule has 3 aromatic rings. The van der Waals surface area contributed by atoms with E-state index in [2.05, 4.69) is 15.6 Å². The number of carbonyl (C=O) groups is 1. The van der Waals surface area contributed by atoms with Crippen molar-refractivity contribution in [2.75, 3.05) is 24.7 Å². The summed E-state index contributed by atoms with van der Waals surface area (Å²) < 4.78 is 30.0. The first-order chi connectivity index (χ1) is 13.9. The van der Waals surface area contributed by atoms with Crippen molar-refractivity contribution in [2.45, 2.75) is 23.8 Å². The maximum atomic E-state index is 12.1. The van der Waals surface area contributed by atoms with Crippen LogP contribution in [0.3, 0.4) is 0 Å². The van der Waals surface area contributed by atoms with E-state index >= 15 is 0 Å². The maximum Gasteiger partial charge on any atom is 0.321 e. The first-order valence-electron chi connectivity index (χ1n) is 9.26. The van der Waals surface area contributed by atoms with E-state index in [1.54, 1.807) is 18.2 Å². The number of nitrogens with one attached hydrogen (secondary N) is 2. The fourth-order valence-electron chi connectivity index (χ4n) is 3.22. The largest absolute Gasteiger partial charge is 0.376 e. The van der Waals surface area contributed by atoms with Crippen molar-refractivity contribution in [3.05, 3.63) is 42.5 Å². The van der Waals surface area contributed by atoms with Crippen LogP contribution in [0.4, 0.5) is 9.93 Å². The number of aromatic nitrogens is 1. The Morgan fingerprint density at radius 1 is 1.24 bits per heavy atom. The molecule has 0 saturated carbocycles. The van der Waals surface area contributed by atoms with Gasteiger partial charge >= 0.3 is 6.03 Å². The molecule has 4 rings (SSSR count). The molecule has 1 unspecified atom stereocenters. The summed E-state index contributed by atoms with van der Waals surface area (Å²) in [5.74, 6) is 0. The smallest absolute Gasteiger partial charge is 0.321 e. The number of hydrogen-bond donors (Lipinski definition) is 2. The molecule has 2 amide bonds. The molecule has 0 radical (unpaired) electrons. The molecule has 2 aromatic carbocycles. The van der Waals surface area contributed by atoms with E-state index in [1.807, 2.05) is 24.3 Å². The number of rotatable bonds is 5. The number of benzene rings is 2. The Morgan fingerprint density at radius 3 is 2.83 bits per heavy atom. The summed E-state index contributed by atoms with van der Waals surface area (Å²) >= 11 is 1.37. The van der Waals surface area contributed by atoms with Crippen LogP contribution < -0.4 is 10.6 Å². The Kier molecular flexibility index (Phi) is 5.53. The van der Waals surface area contributed by atoms with Gasteiger partial charge < -0.3 is 10.1 Å². The van der Waals surface area contributed by atoms with Crippen LogP contribution in [-0.2, 0) is 14.6 Å². The molecule has 0 spiro atoms. The summed E-state index contributed by atoms with van der Waals surface area (Å²) in [7, 11) is -3.27. The third kappa shape index (κ3) is 4.75. The Hall–Kier alpha value is -2.49. The van der Waals surface area contributed by atoms with Gasteiger partial charge in [-0.25, -0.2) is 18.2 Å². The van der Waals surface area contributed by atoms with Crippen LogP contribution in [0.2, 0.25) is 0 Å². The highest BCUT2D eigenvalue weighted by Gasteiger charge is 2.17. The molecule has 1 aliphatic heterocycles. The predicted octanol–water partition coefficient (Wildman–Crippen LogP) is 3.67. The highest BCUT2D eigenvalue weighted by molar-refractivity contribution is 7.90. The first kappa shape index (κ1) is 19.8. The molecule has 2 N–H and O–H groups in total. The van der Waals surface area contributed by atoms with Gasteiger partial charge in [-0.2, -0.15) is 0 Å². The lowest BCUT2D eigenvalue weighted by molar-refractivity contribution is 0.112. The number of anilines is 1. The predicted molar refractivity (Wildman–Crippen MR) is 114 cm³/mol. The van der Waals surface area contributed by atoms with Gasteiger partial charge in [-0.1, -0.05) is 29.5 Å². The van der Waals surface area contributed by atoms with Crippen LogP contribution in [0, 0.1) is 0 Å². The van der Waals surface area contributed by atoms with Gasteiger partial charge in [-0.05, 0) is 48.2 Å². The van der Waals surface area contributed by atoms with Gasteiger partial charge in [0.15, 0.2) is 15.0 Å². The van der Waals surface area contributed by atoms with Crippen LogP contribution >= 0.6 is 11.3 Å². The van der Waals surface area contributed by atoms with Gasteiger partial charge in [0.25, 0.3) is 0 Å². The van der Waals surface area contributed by atoms with Gasteiger partial charge in [0.05, 0.1) is 21.2 Å². The van der Waals surface area contributed by atoms with Gasteiger partial charge in [0.2, 0.25) is 0 Å².